The molecule has 66 heavy (non-hydrogen) atoms. The van der Waals surface area contributed by atoms with Gasteiger partial charge < -0.3 is 29.4 Å². The van der Waals surface area contributed by atoms with E-state index >= 15 is 0 Å². The second kappa shape index (κ2) is 18.9. The van der Waals surface area contributed by atoms with E-state index < -0.39 is 31.4 Å². The van der Waals surface area contributed by atoms with Crippen LogP contribution in [0.3, 0.4) is 0 Å². The van der Waals surface area contributed by atoms with E-state index in [1.165, 1.54) is 35.0 Å². The molecule has 3 aliphatic heterocycles. The Morgan fingerprint density at radius 2 is 1.85 bits per heavy atom. The number of piperazine rings is 1. The van der Waals surface area contributed by atoms with E-state index in [4.69, 9.17) is 25.8 Å². The van der Waals surface area contributed by atoms with E-state index in [0.717, 1.165) is 80.7 Å². The monoisotopic (exact) mass is 938 g/mol. The van der Waals surface area contributed by atoms with E-state index in [0.29, 0.717) is 37.5 Å². The number of nitrogens with one attached hydrogen (secondary N) is 3. The number of aromatic nitrogens is 2. The smallest absolute Gasteiger partial charge is 0.297 e. The predicted molar refractivity (Wildman–Crippen MR) is 254 cm³/mol. The lowest BCUT2D eigenvalue weighted by Gasteiger charge is -2.39. The van der Waals surface area contributed by atoms with Gasteiger partial charge in [-0.25, -0.2) is 18.1 Å². The van der Waals surface area contributed by atoms with Crippen molar-refractivity contribution in [3.8, 4) is 17.2 Å². The van der Waals surface area contributed by atoms with Crippen molar-refractivity contribution in [1.29, 1.82) is 0 Å². The highest BCUT2D eigenvalue weighted by Gasteiger charge is 2.34. The summed E-state index contributed by atoms with van der Waals surface area (Å²) in [6.45, 7) is 13.8. The first-order valence-corrected chi connectivity index (χ1v) is 24.3. The van der Waals surface area contributed by atoms with Gasteiger partial charge in [-0.15, -0.1) is 0 Å². The van der Waals surface area contributed by atoms with Gasteiger partial charge in [0.1, 0.15) is 23.8 Å². The number of pyridine rings is 1. The Balaban J connectivity index is 0.924. The molecule has 0 radical (unpaired) electrons. The van der Waals surface area contributed by atoms with Gasteiger partial charge in [0.2, 0.25) is 0 Å². The molecule has 18 heteroatoms. The molecular formula is C48H55ClN8O8S. The number of amides is 1. The Morgan fingerprint density at radius 1 is 1.05 bits per heavy atom. The minimum Gasteiger partial charge on any atom is -0.489 e. The van der Waals surface area contributed by atoms with Gasteiger partial charge in [-0.3, -0.25) is 24.7 Å². The third-order valence-electron chi connectivity index (χ3n) is 13.0. The summed E-state index contributed by atoms with van der Waals surface area (Å²) < 4.78 is 47.9. The number of ether oxygens (including phenoxy) is 3. The number of hydrogen-bond donors (Lipinski definition) is 3. The van der Waals surface area contributed by atoms with Crippen LogP contribution in [0.1, 0.15) is 62.4 Å². The second-order valence-electron chi connectivity index (χ2n) is 18.5. The normalized spacial score (nSPS) is 20.3. The number of morpholine rings is 1. The number of nitrogens with zero attached hydrogens (tertiary/aromatic N) is 5. The molecule has 2 aromatic heterocycles. The number of sulfonamides is 1. The topological polar surface area (TPSA) is 184 Å². The maximum atomic E-state index is 14.1. The molecule has 0 saturated carbocycles. The number of nitro benzene ring substituents is 1. The van der Waals surface area contributed by atoms with Crippen LogP contribution in [0, 0.1) is 15.5 Å². The number of benzene rings is 3. The Morgan fingerprint density at radius 3 is 2.62 bits per heavy atom. The Bertz CT molecular complexity index is 2770. The summed E-state index contributed by atoms with van der Waals surface area (Å²) in [5.74, 6) is -0.511. The number of halogens is 1. The van der Waals surface area contributed by atoms with Crippen LogP contribution in [-0.4, -0.2) is 117 Å². The Labute approximate surface area is 389 Å². The number of fused-ring (bicyclic) bond motifs is 2. The van der Waals surface area contributed by atoms with Crippen molar-refractivity contribution < 1.29 is 32.3 Å². The van der Waals surface area contributed by atoms with Crippen LogP contribution >= 0.6 is 11.6 Å². The number of aromatic amines is 1. The molecule has 1 aliphatic carbocycles. The summed E-state index contributed by atoms with van der Waals surface area (Å²) in [7, 11) is -4.66. The Kier molecular flexibility index (Phi) is 13.0. The molecule has 4 aliphatic rings. The molecule has 2 saturated heterocycles. The number of carbonyl (C=O) groups excluding carboxylic acids is 1. The van der Waals surface area contributed by atoms with Crippen molar-refractivity contribution in [3.05, 3.63) is 111 Å². The van der Waals surface area contributed by atoms with Crippen molar-refractivity contribution in [3.63, 3.8) is 0 Å². The maximum Gasteiger partial charge on any atom is 0.297 e. The molecule has 0 spiro atoms. The lowest BCUT2D eigenvalue weighted by molar-refractivity contribution is -0.384. The molecule has 348 valence electrons. The number of hydrogen-bond acceptors (Lipinski definition) is 13. The van der Waals surface area contributed by atoms with Gasteiger partial charge in [0.15, 0.2) is 11.4 Å². The van der Waals surface area contributed by atoms with E-state index in [1.54, 1.807) is 24.4 Å². The highest BCUT2D eigenvalue weighted by Crippen LogP contribution is 2.44. The SMILES string of the molecule is C[C@H]1CN(CC[C@@H]2COc3cc(S(=O)(=O)NC(=O)c4ccc(N5CCN(CC6=C(c7ccc(Cl)cc7)CC(C)(C)CC6)CC5)cc4Oc4cnc5[nH]ccc5c4)cc([N+](=O)[O-])c3N2)CCO1. The summed E-state index contributed by atoms with van der Waals surface area (Å²) >= 11 is 6.25. The average molecular weight is 940 g/mol. The number of nitro groups is 1. The van der Waals surface area contributed by atoms with Crippen molar-refractivity contribution in [2.24, 2.45) is 5.41 Å². The molecular weight excluding hydrogens is 884 g/mol. The lowest BCUT2D eigenvalue weighted by Crippen LogP contribution is -2.47. The third kappa shape index (κ3) is 10.3. The molecule has 5 heterocycles. The molecule has 3 N–H and O–H groups in total. The highest BCUT2D eigenvalue weighted by molar-refractivity contribution is 7.90. The highest BCUT2D eigenvalue weighted by atomic mass is 35.5. The molecule has 0 bridgehead atoms. The van der Waals surface area contributed by atoms with E-state index in [9.17, 15) is 23.3 Å². The maximum absolute atomic E-state index is 14.1. The first-order valence-electron chi connectivity index (χ1n) is 22.5. The van der Waals surface area contributed by atoms with Crippen molar-refractivity contribution in [2.75, 3.05) is 75.8 Å². The van der Waals surface area contributed by atoms with Gasteiger partial charge in [0, 0.05) is 92.9 Å². The lowest BCUT2D eigenvalue weighted by atomic mass is 9.72. The summed E-state index contributed by atoms with van der Waals surface area (Å²) in [6, 6.07) is 18.7. The van der Waals surface area contributed by atoms with Crippen LogP contribution in [0.4, 0.5) is 17.1 Å². The zero-order chi connectivity index (χ0) is 46.2. The molecule has 1 amide bonds. The average Bonchev–Trinajstić information content (AvgIpc) is 3.77. The molecule has 2 fully saturated rings. The van der Waals surface area contributed by atoms with Crippen LogP contribution in [0.25, 0.3) is 16.6 Å². The molecule has 16 nitrogen and oxygen atoms in total. The third-order valence-corrected chi connectivity index (χ3v) is 14.6. The molecule has 2 atom stereocenters. The van der Waals surface area contributed by atoms with E-state index in [2.05, 4.69) is 60.7 Å². The second-order valence-corrected chi connectivity index (χ2v) is 20.6. The fourth-order valence-corrected chi connectivity index (χ4v) is 10.5. The van der Waals surface area contributed by atoms with Gasteiger partial charge in [-0.05, 0) is 85.6 Å². The van der Waals surface area contributed by atoms with Crippen LogP contribution in [0.15, 0.2) is 89.6 Å². The minimum absolute atomic E-state index is 0.0100. The number of rotatable bonds is 13. The van der Waals surface area contributed by atoms with Crippen molar-refractivity contribution >= 4 is 61.2 Å². The Hall–Kier alpha value is -5.72. The van der Waals surface area contributed by atoms with Gasteiger partial charge >= 0.3 is 0 Å². The minimum atomic E-state index is -4.66. The fourth-order valence-electron chi connectivity index (χ4n) is 9.37. The van der Waals surface area contributed by atoms with Crippen molar-refractivity contribution in [1.82, 2.24) is 24.5 Å². The first-order chi connectivity index (χ1) is 31.7. The summed E-state index contributed by atoms with van der Waals surface area (Å²) in [5, 5.41) is 17.1. The van der Waals surface area contributed by atoms with Gasteiger partial charge in [-0.2, -0.15) is 0 Å². The summed E-state index contributed by atoms with van der Waals surface area (Å²) in [6.07, 6.45) is 7.24. The first kappa shape index (κ1) is 45.4. The van der Waals surface area contributed by atoms with Gasteiger partial charge in [0.05, 0.1) is 40.3 Å². The largest absolute Gasteiger partial charge is 0.489 e. The summed E-state index contributed by atoms with van der Waals surface area (Å²) in [5.41, 5.74) is 5.33. The number of allylic oxidation sites excluding steroid dienone is 1. The molecule has 3 aromatic carbocycles. The zero-order valence-corrected chi connectivity index (χ0v) is 38.9. The summed E-state index contributed by atoms with van der Waals surface area (Å²) in [4.78, 5) is 39.8. The van der Waals surface area contributed by atoms with E-state index in [1.807, 2.05) is 25.1 Å². The predicted octanol–water partition coefficient (Wildman–Crippen LogP) is 8.11. The number of H-pyrrole nitrogens is 1. The van der Waals surface area contributed by atoms with Gasteiger partial charge in [-0.1, -0.05) is 43.2 Å². The zero-order valence-electron chi connectivity index (χ0n) is 37.3. The van der Waals surface area contributed by atoms with Crippen molar-refractivity contribution in [2.45, 2.75) is 63.5 Å². The number of carbonyl (C=O) groups is 1. The molecule has 0 unspecified atom stereocenters. The van der Waals surface area contributed by atoms with Gasteiger partial charge in [0.25, 0.3) is 21.6 Å². The fraction of sp³-hybridized carbons (Fsp3) is 0.417. The standard InChI is InChI=1S/C48H55ClN8O8S/c1-31-28-54(20-21-63-31)15-12-36-30-64-44-25-39(24-42(57(59)60)45(44)52-36)66(61,62)53-47(58)40-9-8-37(23-43(40)65-38-22-33-11-14-50-46(33)51-27-38)56-18-16-55(17-19-56)29-34-10-13-48(2,3)26-41(34)32-4-6-35(49)7-5-32/h4-9,11,14,22-25,27,31,36,52H,10,12-13,15-21,26,28-30H2,1-3H3,(H,50,51)(H,53,58)/t31-,36+/m0/s1. The quantitative estimate of drug-likeness (QED) is 0.0761. The number of anilines is 2. The van der Waals surface area contributed by atoms with Crippen LogP contribution < -0.4 is 24.4 Å². The van der Waals surface area contributed by atoms with Crippen LogP contribution in [-0.2, 0) is 14.8 Å². The van der Waals surface area contributed by atoms with Crippen LogP contribution in [0.5, 0.6) is 17.2 Å². The van der Waals surface area contributed by atoms with Crippen LogP contribution in [0.2, 0.25) is 5.02 Å². The molecule has 9 rings (SSSR count). The van der Waals surface area contributed by atoms with E-state index in [-0.39, 0.29) is 46.9 Å². The molecule has 5 aromatic rings.